The fourth-order valence-electron chi connectivity index (χ4n) is 3.32. The van der Waals surface area contributed by atoms with Crippen molar-refractivity contribution in [3.05, 3.63) is 75.5 Å². The number of aromatic nitrogens is 4. The molecule has 6 heteroatoms. The van der Waals surface area contributed by atoms with Gasteiger partial charge in [0.15, 0.2) is 10.7 Å². The monoisotopic (exact) mass is 372 g/mol. The molecule has 0 radical (unpaired) electrons. The van der Waals surface area contributed by atoms with Gasteiger partial charge in [0.1, 0.15) is 11.4 Å². The van der Waals surface area contributed by atoms with Crippen LogP contribution in [-0.2, 0) is 0 Å². The Morgan fingerprint density at radius 3 is 2.59 bits per heavy atom. The predicted octanol–water partition coefficient (Wildman–Crippen LogP) is 4.58. The highest BCUT2D eigenvalue weighted by atomic mass is 32.1. The Balaban J connectivity index is 1.86. The van der Waals surface area contributed by atoms with E-state index in [1.807, 2.05) is 72.3 Å². The predicted molar refractivity (Wildman–Crippen MR) is 109 cm³/mol. The third-order valence-electron chi connectivity index (χ3n) is 4.84. The minimum absolute atomic E-state index is 0.212. The number of hydrogen-bond acceptors (Lipinski definition) is 4. The topological polar surface area (TPSA) is 63.1 Å². The van der Waals surface area contributed by atoms with E-state index in [1.54, 1.807) is 0 Å². The van der Waals surface area contributed by atoms with E-state index in [4.69, 9.17) is 9.97 Å². The molecule has 3 heterocycles. The molecule has 0 atom stereocenters. The first-order chi connectivity index (χ1) is 13.1. The first-order valence-corrected chi connectivity index (χ1v) is 9.52. The van der Waals surface area contributed by atoms with E-state index >= 15 is 0 Å². The van der Waals surface area contributed by atoms with Crippen LogP contribution in [0.2, 0.25) is 0 Å². The highest BCUT2D eigenvalue weighted by Crippen LogP contribution is 2.32. The Kier molecular flexibility index (Phi) is 3.48. The highest BCUT2D eigenvalue weighted by molar-refractivity contribution is 7.15. The summed E-state index contributed by atoms with van der Waals surface area (Å²) in [6.07, 6.45) is 1.93. The first-order valence-electron chi connectivity index (χ1n) is 8.64. The van der Waals surface area contributed by atoms with Crippen LogP contribution in [0.5, 0.6) is 0 Å². The van der Waals surface area contributed by atoms with E-state index in [9.17, 15) is 4.79 Å². The van der Waals surface area contributed by atoms with E-state index in [-0.39, 0.29) is 5.56 Å². The Hall–Kier alpha value is -3.25. The molecule has 0 spiro atoms. The van der Waals surface area contributed by atoms with Crippen molar-refractivity contribution in [2.24, 2.45) is 0 Å². The Morgan fingerprint density at radius 2 is 1.78 bits per heavy atom. The van der Waals surface area contributed by atoms with Crippen molar-refractivity contribution in [1.82, 2.24) is 19.4 Å². The van der Waals surface area contributed by atoms with Gasteiger partial charge in [-0.15, -0.1) is 11.3 Å². The number of fused-ring (bicyclic) bond motifs is 2. The summed E-state index contributed by atoms with van der Waals surface area (Å²) in [5, 5.41) is 1.96. The van der Waals surface area contributed by atoms with E-state index in [0.717, 1.165) is 44.1 Å². The van der Waals surface area contributed by atoms with E-state index in [1.165, 1.54) is 11.3 Å². The number of hydrogen-bond donors (Lipinski definition) is 1. The average molecular weight is 372 g/mol. The van der Waals surface area contributed by atoms with Gasteiger partial charge in [-0.1, -0.05) is 30.3 Å². The van der Waals surface area contributed by atoms with Crippen LogP contribution >= 0.6 is 11.3 Å². The van der Waals surface area contributed by atoms with Crippen molar-refractivity contribution in [2.45, 2.75) is 13.8 Å². The number of imidazole rings is 1. The SMILES string of the molecule is Cc1cc2nc(-c3c(-c4ccccc4)nc4sccn34)c(=O)[nH]c2cc1C. The largest absolute Gasteiger partial charge is 0.319 e. The van der Waals surface area contributed by atoms with Crippen LogP contribution in [0.1, 0.15) is 11.1 Å². The molecule has 0 saturated heterocycles. The lowest BCUT2D eigenvalue weighted by Gasteiger charge is -2.07. The van der Waals surface area contributed by atoms with Crippen LogP contribution in [0.4, 0.5) is 0 Å². The summed E-state index contributed by atoms with van der Waals surface area (Å²) in [7, 11) is 0. The van der Waals surface area contributed by atoms with Crippen LogP contribution in [0, 0.1) is 13.8 Å². The van der Waals surface area contributed by atoms with Crippen LogP contribution < -0.4 is 5.56 Å². The standard InChI is InChI=1S/C21H16N4OS/c1-12-10-15-16(11-13(12)2)23-20(26)18(22-15)19-17(14-6-4-3-5-7-14)24-21-25(19)8-9-27-21/h3-11H,1-2H3,(H,23,26). The lowest BCUT2D eigenvalue weighted by Crippen LogP contribution is -2.13. The van der Waals surface area contributed by atoms with Gasteiger partial charge in [0.2, 0.25) is 0 Å². The molecule has 0 aliphatic carbocycles. The van der Waals surface area contributed by atoms with Crippen molar-refractivity contribution in [3.63, 3.8) is 0 Å². The number of nitrogens with one attached hydrogen (secondary N) is 1. The molecule has 0 unspecified atom stereocenters. The summed E-state index contributed by atoms with van der Waals surface area (Å²) in [5.74, 6) is 0. The summed E-state index contributed by atoms with van der Waals surface area (Å²) in [5.41, 5.74) is 6.42. The summed E-state index contributed by atoms with van der Waals surface area (Å²) in [6, 6.07) is 13.9. The minimum Gasteiger partial charge on any atom is -0.319 e. The lowest BCUT2D eigenvalue weighted by molar-refractivity contribution is 1.15. The maximum absolute atomic E-state index is 12.9. The van der Waals surface area contributed by atoms with Crippen molar-refractivity contribution in [1.29, 1.82) is 0 Å². The molecule has 5 aromatic rings. The van der Waals surface area contributed by atoms with Gasteiger partial charge in [-0.2, -0.15) is 0 Å². The zero-order valence-corrected chi connectivity index (χ0v) is 15.7. The van der Waals surface area contributed by atoms with Crippen molar-refractivity contribution in [2.75, 3.05) is 0 Å². The molecule has 0 amide bonds. The zero-order chi connectivity index (χ0) is 18.5. The third kappa shape index (κ3) is 2.49. The molecular weight excluding hydrogens is 356 g/mol. The number of rotatable bonds is 2. The average Bonchev–Trinajstić information content (AvgIpc) is 3.25. The zero-order valence-electron chi connectivity index (χ0n) is 14.9. The molecule has 0 aliphatic rings. The van der Waals surface area contributed by atoms with Gasteiger partial charge in [0, 0.05) is 17.1 Å². The van der Waals surface area contributed by atoms with Gasteiger partial charge in [0.05, 0.1) is 11.0 Å². The van der Waals surface area contributed by atoms with Crippen LogP contribution in [0.25, 0.3) is 38.6 Å². The Labute approximate surface area is 159 Å². The second-order valence-corrected chi connectivity index (χ2v) is 7.47. The smallest absolute Gasteiger partial charge is 0.276 e. The molecule has 5 nitrogen and oxygen atoms in total. The Bertz CT molecular complexity index is 1360. The number of aromatic amines is 1. The van der Waals surface area contributed by atoms with Crippen LogP contribution in [0.3, 0.4) is 0 Å². The van der Waals surface area contributed by atoms with Crippen molar-refractivity contribution in [3.8, 4) is 22.6 Å². The van der Waals surface area contributed by atoms with Crippen LogP contribution in [0.15, 0.2) is 58.8 Å². The maximum atomic E-state index is 12.9. The number of benzene rings is 2. The highest BCUT2D eigenvalue weighted by Gasteiger charge is 2.21. The summed E-state index contributed by atoms with van der Waals surface area (Å²) in [6.45, 7) is 4.08. The van der Waals surface area contributed by atoms with Gasteiger partial charge >= 0.3 is 0 Å². The van der Waals surface area contributed by atoms with E-state index < -0.39 is 0 Å². The van der Waals surface area contributed by atoms with Crippen LogP contribution in [-0.4, -0.2) is 19.4 Å². The van der Waals surface area contributed by atoms with Gasteiger partial charge in [0.25, 0.3) is 5.56 Å². The third-order valence-corrected chi connectivity index (χ3v) is 5.60. The molecular formula is C21H16N4OS. The normalized spacial score (nSPS) is 11.5. The molecule has 132 valence electrons. The Morgan fingerprint density at radius 1 is 1.00 bits per heavy atom. The molecule has 5 rings (SSSR count). The fourth-order valence-corrected chi connectivity index (χ4v) is 4.03. The minimum atomic E-state index is -0.212. The molecule has 1 N–H and O–H groups in total. The molecule has 27 heavy (non-hydrogen) atoms. The summed E-state index contributed by atoms with van der Waals surface area (Å²) in [4.78, 5) is 26.2. The second-order valence-electron chi connectivity index (χ2n) is 6.60. The van der Waals surface area contributed by atoms with Gasteiger partial charge in [-0.3, -0.25) is 9.20 Å². The van der Waals surface area contributed by atoms with E-state index in [2.05, 4.69) is 4.98 Å². The number of aryl methyl sites for hydroxylation is 2. The van der Waals surface area contributed by atoms with Gasteiger partial charge < -0.3 is 4.98 Å². The van der Waals surface area contributed by atoms with Gasteiger partial charge in [-0.25, -0.2) is 9.97 Å². The number of nitrogens with zero attached hydrogens (tertiary/aromatic N) is 3. The fraction of sp³-hybridized carbons (Fsp3) is 0.0952. The molecule has 3 aromatic heterocycles. The van der Waals surface area contributed by atoms with Crippen molar-refractivity contribution < 1.29 is 0 Å². The molecule has 2 aromatic carbocycles. The van der Waals surface area contributed by atoms with E-state index in [0.29, 0.717) is 5.69 Å². The van der Waals surface area contributed by atoms with Crippen molar-refractivity contribution >= 4 is 27.3 Å². The molecule has 0 aliphatic heterocycles. The second kappa shape index (κ2) is 5.89. The maximum Gasteiger partial charge on any atom is 0.276 e. The molecule has 0 saturated carbocycles. The number of H-pyrrole nitrogens is 1. The number of thiazole rings is 1. The quantitative estimate of drug-likeness (QED) is 0.493. The molecule has 0 fully saturated rings. The lowest BCUT2D eigenvalue weighted by atomic mass is 10.1. The summed E-state index contributed by atoms with van der Waals surface area (Å²) >= 11 is 1.54. The summed E-state index contributed by atoms with van der Waals surface area (Å²) < 4.78 is 1.94. The first kappa shape index (κ1) is 16.0. The molecule has 0 bridgehead atoms. The van der Waals surface area contributed by atoms with Gasteiger partial charge in [-0.05, 0) is 37.1 Å².